The van der Waals surface area contributed by atoms with E-state index in [0.717, 1.165) is 59.2 Å². The molecule has 0 aliphatic carbocycles. The van der Waals surface area contributed by atoms with Crippen LogP contribution in [0.25, 0.3) is 10.9 Å². The predicted molar refractivity (Wildman–Crippen MR) is 129 cm³/mol. The Bertz CT molecular complexity index is 1230. The molecule has 5 rings (SSSR count). The molecule has 2 aliphatic heterocycles. The lowest BCUT2D eigenvalue weighted by Crippen LogP contribution is -2.39. The number of pyridine rings is 1. The zero-order chi connectivity index (χ0) is 22.9. The quantitative estimate of drug-likeness (QED) is 0.568. The van der Waals surface area contributed by atoms with Gasteiger partial charge in [-0.2, -0.15) is 0 Å². The van der Waals surface area contributed by atoms with Crippen molar-refractivity contribution < 1.29 is 9.59 Å². The van der Waals surface area contributed by atoms with Crippen LogP contribution in [0.1, 0.15) is 57.3 Å². The molecule has 0 atom stereocenters. The topological polar surface area (TPSA) is 58.4 Å². The highest BCUT2D eigenvalue weighted by Crippen LogP contribution is 2.32. The highest BCUT2D eigenvalue weighted by atomic mass is 16.2. The Morgan fingerprint density at radius 2 is 1.67 bits per heavy atom. The maximum atomic E-state index is 13.3. The van der Waals surface area contributed by atoms with Crippen molar-refractivity contribution >= 4 is 22.7 Å². The first kappa shape index (κ1) is 21.4. The molecule has 0 spiro atoms. The molecule has 170 valence electrons. The summed E-state index contributed by atoms with van der Waals surface area (Å²) in [6.07, 6.45) is 8.64. The zero-order valence-electron chi connectivity index (χ0n) is 19.3. The number of nitrogens with zero attached hydrogens (tertiary/aromatic N) is 4. The number of para-hydroxylation sites is 1. The lowest BCUT2D eigenvalue weighted by molar-refractivity contribution is 0.0707. The van der Waals surface area contributed by atoms with Crippen LogP contribution < -0.4 is 0 Å². The summed E-state index contributed by atoms with van der Waals surface area (Å²) >= 11 is 0. The molecule has 2 amide bonds. The number of carbonyl (C=O) groups is 2. The van der Waals surface area contributed by atoms with Gasteiger partial charge in [-0.05, 0) is 44.4 Å². The van der Waals surface area contributed by atoms with Gasteiger partial charge >= 0.3 is 0 Å². The fourth-order valence-electron chi connectivity index (χ4n) is 5.10. The Morgan fingerprint density at radius 3 is 2.42 bits per heavy atom. The van der Waals surface area contributed by atoms with Crippen molar-refractivity contribution in [2.24, 2.45) is 7.05 Å². The van der Waals surface area contributed by atoms with Gasteiger partial charge < -0.3 is 14.4 Å². The fourth-order valence-corrected chi connectivity index (χ4v) is 5.10. The van der Waals surface area contributed by atoms with Crippen molar-refractivity contribution in [2.75, 3.05) is 26.2 Å². The number of aromatic nitrogens is 2. The van der Waals surface area contributed by atoms with Crippen LogP contribution in [0.3, 0.4) is 0 Å². The highest BCUT2D eigenvalue weighted by molar-refractivity contribution is 6.07. The summed E-state index contributed by atoms with van der Waals surface area (Å²) in [4.78, 5) is 35.2. The van der Waals surface area contributed by atoms with E-state index in [9.17, 15) is 9.59 Å². The molecule has 2 aliphatic rings. The van der Waals surface area contributed by atoms with Gasteiger partial charge in [-0.3, -0.25) is 14.6 Å². The third-order valence-corrected chi connectivity index (χ3v) is 6.94. The fraction of sp³-hybridized carbons (Fsp3) is 0.370. The maximum Gasteiger partial charge on any atom is 0.256 e. The summed E-state index contributed by atoms with van der Waals surface area (Å²) in [6, 6.07) is 11.9. The van der Waals surface area contributed by atoms with Gasteiger partial charge in [0.05, 0.1) is 16.8 Å². The van der Waals surface area contributed by atoms with Crippen LogP contribution in [0, 0.1) is 6.92 Å². The van der Waals surface area contributed by atoms with Gasteiger partial charge in [0.15, 0.2) is 0 Å². The minimum atomic E-state index is 0.0658. The second kappa shape index (κ2) is 8.85. The van der Waals surface area contributed by atoms with Crippen LogP contribution in [0.4, 0.5) is 0 Å². The van der Waals surface area contributed by atoms with Crippen LogP contribution in [0.5, 0.6) is 0 Å². The molecule has 0 N–H and O–H groups in total. The molecule has 1 fully saturated rings. The number of benzene rings is 1. The summed E-state index contributed by atoms with van der Waals surface area (Å²) in [5, 5.41) is 0.996. The summed E-state index contributed by atoms with van der Waals surface area (Å²) < 4.78 is 2.01. The van der Waals surface area contributed by atoms with Gasteiger partial charge in [0.1, 0.15) is 0 Å². The molecular weight excluding hydrogens is 412 g/mol. The van der Waals surface area contributed by atoms with E-state index < -0.39 is 0 Å². The first-order valence-corrected chi connectivity index (χ1v) is 11.8. The first-order valence-electron chi connectivity index (χ1n) is 11.8. The van der Waals surface area contributed by atoms with Crippen molar-refractivity contribution in [1.29, 1.82) is 0 Å². The Hall–Kier alpha value is -3.41. The third-order valence-electron chi connectivity index (χ3n) is 6.94. The molecule has 0 unspecified atom stereocenters. The van der Waals surface area contributed by atoms with Gasteiger partial charge in [-0.15, -0.1) is 0 Å². The molecule has 0 saturated carbocycles. The van der Waals surface area contributed by atoms with Crippen LogP contribution in [0.15, 0.2) is 54.7 Å². The molecule has 4 heterocycles. The van der Waals surface area contributed by atoms with E-state index >= 15 is 0 Å². The lowest BCUT2D eigenvalue weighted by atomic mass is 9.89. The van der Waals surface area contributed by atoms with E-state index in [4.69, 9.17) is 4.98 Å². The largest absolute Gasteiger partial charge is 0.350 e. The number of rotatable bonds is 3. The number of aryl methyl sites for hydroxylation is 2. The summed E-state index contributed by atoms with van der Waals surface area (Å²) in [6.45, 7) is 4.72. The normalized spacial score (nSPS) is 17.0. The van der Waals surface area contributed by atoms with E-state index in [1.165, 1.54) is 0 Å². The average Bonchev–Trinajstić information content (AvgIpc) is 3.20. The average molecular weight is 443 g/mol. The van der Waals surface area contributed by atoms with Crippen molar-refractivity contribution in [3.63, 3.8) is 0 Å². The van der Waals surface area contributed by atoms with Gasteiger partial charge in [0, 0.05) is 61.9 Å². The molecular formula is C27H30N4O2. The Labute approximate surface area is 194 Å². The minimum Gasteiger partial charge on any atom is -0.350 e. The van der Waals surface area contributed by atoms with E-state index in [2.05, 4.69) is 12.2 Å². The molecule has 0 radical (unpaired) electrons. The molecule has 2 aromatic heterocycles. The van der Waals surface area contributed by atoms with Gasteiger partial charge in [-0.25, -0.2) is 0 Å². The van der Waals surface area contributed by atoms with Gasteiger partial charge in [0.2, 0.25) is 0 Å². The SMILES string of the molecule is Cc1ccc(C(=O)N2CC=CCC2)c(C2CCN(C(=O)c3cn(C)c4ccccc34)CC2)n1. The lowest BCUT2D eigenvalue weighted by Gasteiger charge is -2.33. The Morgan fingerprint density at radius 1 is 0.909 bits per heavy atom. The Kier molecular flexibility index (Phi) is 5.75. The van der Waals surface area contributed by atoms with E-state index in [1.54, 1.807) is 0 Å². The smallest absolute Gasteiger partial charge is 0.256 e. The van der Waals surface area contributed by atoms with E-state index in [0.29, 0.717) is 19.6 Å². The number of piperidine rings is 1. The molecule has 1 saturated heterocycles. The number of hydrogen-bond donors (Lipinski definition) is 0. The highest BCUT2D eigenvalue weighted by Gasteiger charge is 2.30. The zero-order valence-corrected chi connectivity index (χ0v) is 19.3. The number of fused-ring (bicyclic) bond motifs is 1. The van der Waals surface area contributed by atoms with Crippen LogP contribution in [-0.4, -0.2) is 57.3 Å². The van der Waals surface area contributed by atoms with Gasteiger partial charge in [0.25, 0.3) is 11.8 Å². The van der Waals surface area contributed by atoms with Gasteiger partial charge in [-0.1, -0.05) is 30.4 Å². The monoisotopic (exact) mass is 442 g/mol. The third kappa shape index (κ3) is 4.06. The van der Waals surface area contributed by atoms with E-state index in [-0.39, 0.29) is 17.7 Å². The standard InChI is InChI=1S/C27H30N4O2/c1-19-10-11-22(26(32)30-14-6-3-7-15-30)25(28-19)20-12-16-31(17-13-20)27(33)23-18-29(2)24-9-5-4-8-21(23)24/h3-6,8-11,18,20H,7,12-17H2,1-2H3. The number of carbonyl (C=O) groups excluding carboxylic acids is 2. The molecule has 0 bridgehead atoms. The molecule has 33 heavy (non-hydrogen) atoms. The van der Waals surface area contributed by atoms with Crippen LogP contribution >= 0.6 is 0 Å². The molecule has 6 heteroatoms. The second-order valence-electron chi connectivity index (χ2n) is 9.13. The van der Waals surface area contributed by atoms with Crippen molar-refractivity contribution in [1.82, 2.24) is 19.4 Å². The summed E-state index contributed by atoms with van der Waals surface area (Å²) in [7, 11) is 1.98. The number of amides is 2. The summed E-state index contributed by atoms with van der Waals surface area (Å²) in [5.41, 5.74) is 4.36. The van der Waals surface area contributed by atoms with Crippen molar-refractivity contribution in [2.45, 2.75) is 32.1 Å². The molecule has 1 aromatic carbocycles. The first-order chi connectivity index (χ1) is 16.0. The number of likely N-dealkylation sites (tertiary alicyclic amines) is 1. The molecule has 3 aromatic rings. The summed E-state index contributed by atoms with van der Waals surface area (Å²) in [5.74, 6) is 0.329. The maximum absolute atomic E-state index is 13.3. The second-order valence-corrected chi connectivity index (χ2v) is 9.13. The predicted octanol–water partition coefficient (Wildman–Crippen LogP) is 4.30. The minimum absolute atomic E-state index is 0.0658. The molecule has 6 nitrogen and oxygen atoms in total. The van der Waals surface area contributed by atoms with Crippen LogP contribution in [0.2, 0.25) is 0 Å². The van der Waals surface area contributed by atoms with Crippen molar-refractivity contribution in [3.8, 4) is 0 Å². The van der Waals surface area contributed by atoms with E-state index in [1.807, 2.05) is 70.9 Å². The van der Waals surface area contributed by atoms with Crippen molar-refractivity contribution in [3.05, 3.63) is 77.3 Å². The van der Waals surface area contributed by atoms with Crippen LogP contribution in [-0.2, 0) is 7.05 Å². The number of hydrogen-bond acceptors (Lipinski definition) is 3. The Balaban J connectivity index is 1.34.